The van der Waals surface area contributed by atoms with Gasteiger partial charge in [0.05, 0.1) is 30.8 Å². The standard InChI is InChI=1S/C44H39NO4/c1-6-29-7-12-34(28(2)3)25-39(29)32-15-19-36(20-16-32)49-44(46)33-10-8-30(9-11-33)31-13-17-35(18-14-31)45-42-23-21-37(47-4)26-40(42)41-27-38(48-5)22-24-43(41)45/h7-28H,6H2,1-5H3. The first kappa shape index (κ1) is 31.8. The van der Waals surface area contributed by atoms with Crippen LogP contribution in [0.25, 0.3) is 49.7 Å². The van der Waals surface area contributed by atoms with E-state index in [1.165, 1.54) is 16.7 Å². The third kappa shape index (κ3) is 6.16. The van der Waals surface area contributed by atoms with E-state index < -0.39 is 0 Å². The summed E-state index contributed by atoms with van der Waals surface area (Å²) in [6, 6.07) is 42.8. The number of esters is 1. The van der Waals surface area contributed by atoms with E-state index in [2.05, 4.69) is 92.1 Å². The van der Waals surface area contributed by atoms with Gasteiger partial charge in [0, 0.05) is 16.5 Å². The highest BCUT2D eigenvalue weighted by Gasteiger charge is 2.15. The molecule has 1 heterocycles. The van der Waals surface area contributed by atoms with Crippen molar-refractivity contribution >= 4 is 27.8 Å². The first-order valence-electron chi connectivity index (χ1n) is 16.7. The van der Waals surface area contributed by atoms with Gasteiger partial charge in [-0.05, 0) is 119 Å². The van der Waals surface area contributed by atoms with Crippen molar-refractivity contribution in [2.45, 2.75) is 33.1 Å². The molecule has 0 saturated heterocycles. The van der Waals surface area contributed by atoms with Crippen LogP contribution in [0, 0.1) is 0 Å². The highest BCUT2D eigenvalue weighted by atomic mass is 16.5. The summed E-state index contributed by atoms with van der Waals surface area (Å²) in [6.45, 7) is 6.59. The maximum absolute atomic E-state index is 13.1. The molecule has 0 unspecified atom stereocenters. The van der Waals surface area contributed by atoms with Crippen LogP contribution in [-0.2, 0) is 6.42 Å². The first-order valence-corrected chi connectivity index (χ1v) is 16.7. The van der Waals surface area contributed by atoms with E-state index in [1.54, 1.807) is 14.2 Å². The van der Waals surface area contributed by atoms with Gasteiger partial charge < -0.3 is 18.8 Å². The Morgan fingerprint density at radius 2 is 1.14 bits per heavy atom. The number of benzene rings is 6. The molecule has 0 radical (unpaired) electrons. The normalized spacial score (nSPS) is 11.3. The van der Waals surface area contributed by atoms with Gasteiger partial charge in [0.15, 0.2) is 0 Å². The number of nitrogens with zero attached hydrogens (tertiary/aromatic N) is 1. The Hall–Kier alpha value is -5.81. The number of carbonyl (C=O) groups is 1. The molecule has 0 spiro atoms. The van der Waals surface area contributed by atoms with Gasteiger partial charge in [-0.1, -0.05) is 75.4 Å². The third-order valence-electron chi connectivity index (χ3n) is 9.32. The van der Waals surface area contributed by atoms with Crippen LogP contribution in [0.2, 0.25) is 0 Å². The van der Waals surface area contributed by atoms with Crippen LogP contribution in [0.3, 0.4) is 0 Å². The molecular weight excluding hydrogens is 606 g/mol. The van der Waals surface area contributed by atoms with E-state index in [0.717, 1.165) is 62.1 Å². The van der Waals surface area contributed by atoms with Crippen LogP contribution < -0.4 is 14.2 Å². The van der Waals surface area contributed by atoms with Gasteiger partial charge in [0.1, 0.15) is 17.2 Å². The Balaban J connectivity index is 1.09. The summed E-state index contributed by atoms with van der Waals surface area (Å²) < 4.78 is 19.1. The van der Waals surface area contributed by atoms with Crippen LogP contribution in [0.4, 0.5) is 0 Å². The fraction of sp³-hybridized carbons (Fsp3) is 0.159. The average molecular weight is 646 g/mol. The molecule has 1 aromatic heterocycles. The SMILES string of the molecule is CCc1ccc(C(C)C)cc1-c1ccc(OC(=O)c2ccc(-c3ccc(-n4c5ccc(OC)cc5c5cc(OC)ccc54)cc3)cc2)cc1. The molecule has 0 aliphatic heterocycles. The molecule has 7 rings (SSSR count). The Kier molecular flexibility index (Phi) is 8.66. The van der Waals surface area contributed by atoms with E-state index in [0.29, 0.717) is 17.2 Å². The van der Waals surface area contributed by atoms with Gasteiger partial charge in [-0.2, -0.15) is 0 Å². The zero-order valence-corrected chi connectivity index (χ0v) is 28.5. The van der Waals surface area contributed by atoms with E-state index in [1.807, 2.05) is 60.7 Å². The monoisotopic (exact) mass is 645 g/mol. The molecule has 0 atom stereocenters. The molecule has 5 nitrogen and oxygen atoms in total. The molecule has 7 aromatic rings. The van der Waals surface area contributed by atoms with Gasteiger partial charge >= 0.3 is 5.97 Å². The second-order valence-corrected chi connectivity index (χ2v) is 12.6. The lowest BCUT2D eigenvalue weighted by Gasteiger charge is -2.13. The van der Waals surface area contributed by atoms with Crippen LogP contribution in [-0.4, -0.2) is 24.8 Å². The van der Waals surface area contributed by atoms with E-state index in [4.69, 9.17) is 14.2 Å². The predicted octanol–water partition coefficient (Wildman–Crippen LogP) is 11.0. The second-order valence-electron chi connectivity index (χ2n) is 12.6. The van der Waals surface area contributed by atoms with Gasteiger partial charge in [-0.3, -0.25) is 0 Å². The highest BCUT2D eigenvalue weighted by molar-refractivity contribution is 6.10. The number of fused-ring (bicyclic) bond motifs is 3. The molecule has 0 aliphatic carbocycles. The Labute approximate surface area is 287 Å². The summed E-state index contributed by atoms with van der Waals surface area (Å²) in [5.74, 6) is 2.21. The molecule has 5 heteroatoms. The van der Waals surface area contributed by atoms with Crippen molar-refractivity contribution in [1.29, 1.82) is 0 Å². The van der Waals surface area contributed by atoms with Crippen molar-refractivity contribution in [3.63, 3.8) is 0 Å². The summed E-state index contributed by atoms with van der Waals surface area (Å²) in [6.07, 6.45) is 0.956. The van der Waals surface area contributed by atoms with Gasteiger partial charge in [0.2, 0.25) is 0 Å². The quantitative estimate of drug-likeness (QED) is 0.116. The zero-order chi connectivity index (χ0) is 34.1. The summed E-state index contributed by atoms with van der Waals surface area (Å²) in [5, 5.41) is 2.19. The number of aromatic nitrogens is 1. The molecular formula is C44H39NO4. The number of hydrogen-bond donors (Lipinski definition) is 0. The summed E-state index contributed by atoms with van der Waals surface area (Å²) in [7, 11) is 3.37. The highest BCUT2D eigenvalue weighted by Crippen LogP contribution is 2.37. The number of rotatable bonds is 9. The van der Waals surface area contributed by atoms with Gasteiger partial charge in [-0.15, -0.1) is 0 Å². The van der Waals surface area contributed by atoms with E-state index in [9.17, 15) is 4.79 Å². The van der Waals surface area contributed by atoms with Crippen LogP contribution >= 0.6 is 0 Å². The molecule has 0 saturated carbocycles. The average Bonchev–Trinajstić information content (AvgIpc) is 3.47. The van der Waals surface area contributed by atoms with Crippen molar-refractivity contribution in [1.82, 2.24) is 4.57 Å². The topological polar surface area (TPSA) is 49.7 Å². The van der Waals surface area contributed by atoms with Crippen molar-refractivity contribution in [2.24, 2.45) is 0 Å². The molecule has 0 amide bonds. The number of carbonyl (C=O) groups excluding carboxylic acids is 1. The number of aryl methyl sites for hydroxylation is 1. The van der Waals surface area contributed by atoms with Crippen molar-refractivity contribution in [3.8, 4) is 45.2 Å². The largest absolute Gasteiger partial charge is 0.497 e. The number of hydrogen-bond acceptors (Lipinski definition) is 4. The first-order chi connectivity index (χ1) is 23.9. The van der Waals surface area contributed by atoms with E-state index in [-0.39, 0.29) is 5.97 Å². The fourth-order valence-electron chi connectivity index (χ4n) is 6.51. The zero-order valence-electron chi connectivity index (χ0n) is 28.5. The molecule has 244 valence electrons. The fourth-order valence-corrected chi connectivity index (χ4v) is 6.51. The van der Waals surface area contributed by atoms with Gasteiger partial charge in [0.25, 0.3) is 0 Å². The Morgan fingerprint density at radius 1 is 0.612 bits per heavy atom. The smallest absolute Gasteiger partial charge is 0.343 e. The minimum Gasteiger partial charge on any atom is -0.497 e. The lowest BCUT2D eigenvalue weighted by Crippen LogP contribution is -2.08. The minimum absolute atomic E-state index is 0.384. The van der Waals surface area contributed by atoms with Gasteiger partial charge in [-0.25, -0.2) is 4.79 Å². The van der Waals surface area contributed by atoms with Crippen LogP contribution in [0.5, 0.6) is 17.2 Å². The maximum atomic E-state index is 13.1. The minimum atomic E-state index is -0.384. The Morgan fingerprint density at radius 3 is 1.67 bits per heavy atom. The predicted molar refractivity (Wildman–Crippen MR) is 200 cm³/mol. The Bertz CT molecular complexity index is 2220. The van der Waals surface area contributed by atoms with Crippen LogP contribution in [0.1, 0.15) is 48.2 Å². The maximum Gasteiger partial charge on any atom is 0.343 e. The van der Waals surface area contributed by atoms with Crippen molar-refractivity contribution in [3.05, 3.63) is 144 Å². The second kappa shape index (κ2) is 13.4. The molecule has 0 N–H and O–H groups in total. The summed E-state index contributed by atoms with van der Waals surface area (Å²) in [5.41, 5.74) is 10.7. The van der Waals surface area contributed by atoms with Crippen molar-refractivity contribution in [2.75, 3.05) is 14.2 Å². The molecule has 0 fully saturated rings. The summed E-state index contributed by atoms with van der Waals surface area (Å²) >= 11 is 0. The molecule has 0 bridgehead atoms. The molecule has 49 heavy (non-hydrogen) atoms. The number of ether oxygens (including phenoxy) is 3. The molecule has 0 aliphatic rings. The summed E-state index contributed by atoms with van der Waals surface area (Å²) in [4.78, 5) is 13.1. The van der Waals surface area contributed by atoms with Crippen molar-refractivity contribution < 1.29 is 19.0 Å². The third-order valence-corrected chi connectivity index (χ3v) is 9.32. The van der Waals surface area contributed by atoms with Crippen LogP contribution in [0.15, 0.2) is 127 Å². The lowest BCUT2D eigenvalue weighted by atomic mass is 9.92. The number of methoxy groups -OCH3 is 2. The molecule has 6 aromatic carbocycles. The lowest BCUT2D eigenvalue weighted by molar-refractivity contribution is 0.0735. The van der Waals surface area contributed by atoms with E-state index >= 15 is 0 Å².